The Morgan fingerprint density at radius 3 is 2.58 bits per heavy atom. The minimum atomic E-state index is -0.444. The Kier molecular flexibility index (Phi) is 4.95. The number of amides is 1. The van der Waals surface area contributed by atoms with Gasteiger partial charge in [-0.3, -0.25) is 9.78 Å². The zero-order valence-electron chi connectivity index (χ0n) is 14.6. The van der Waals surface area contributed by atoms with Gasteiger partial charge in [-0.2, -0.15) is 5.26 Å². The van der Waals surface area contributed by atoms with Crippen molar-refractivity contribution in [1.82, 2.24) is 4.98 Å². The van der Waals surface area contributed by atoms with E-state index in [9.17, 15) is 10.1 Å². The van der Waals surface area contributed by atoms with Gasteiger partial charge in [0, 0.05) is 31.4 Å². The minimum Gasteiger partial charge on any atom is -0.378 e. The van der Waals surface area contributed by atoms with E-state index < -0.39 is 5.91 Å². The Morgan fingerprint density at radius 2 is 1.88 bits per heavy atom. The van der Waals surface area contributed by atoms with Gasteiger partial charge in [0.05, 0.1) is 11.2 Å². The van der Waals surface area contributed by atoms with Crippen molar-refractivity contribution >= 4 is 34.3 Å². The van der Waals surface area contributed by atoms with Crippen molar-refractivity contribution in [1.29, 1.82) is 5.26 Å². The van der Waals surface area contributed by atoms with Crippen molar-refractivity contribution in [2.24, 2.45) is 0 Å². The lowest BCUT2D eigenvalue weighted by Gasteiger charge is -2.12. The van der Waals surface area contributed by atoms with Crippen molar-refractivity contribution in [2.45, 2.75) is 0 Å². The number of rotatable bonds is 4. The molecule has 5 nitrogen and oxygen atoms in total. The summed E-state index contributed by atoms with van der Waals surface area (Å²) < 4.78 is 0. The number of carbonyl (C=O) groups excluding carboxylic acids is 1. The molecule has 0 fully saturated rings. The van der Waals surface area contributed by atoms with Crippen LogP contribution in [0.5, 0.6) is 0 Å². The molecule has 3 rings (SSSR count). The summed E-state index contributed by atoms with van der Waals surface area (Å²) in [6.07, 6.45) is 3.28. The van der Waals surface area contributed by atoms with Crippen LogP contribution in [0.15, 0.2) is 66.4 Å². The van der Waals surface area contributed by atoms with Crippen molar-refractivity contribution < 1.29 is 4.79 Å². The van der Waals surface area contributed by atoms with Crippen LogP contribution < -0.4 is 10.2 Å². The molecule has 0 radical (unpaired) electrons. The standard InChI is InChI=1S/C21H18N4O/c1-25(2)17-10-8-15(9-11-17)13-16(14-22)21(26)24-20-7-3-6-19-18(20)5-4-12-23-19/h3-13H,1-2H3,(H,24,26)/b16-13+. The third-order valence-electron chi connectivity index (χ3n) is 3.98. The first-order chi connectivity index (χ1) is 12.6. The normalized spacial score (nSPS) is 11.0. The van der Waals surface area contributed by atoms with Gasteiger partial charge in [-0.25, -0.2) is 0 Å². The lowest BCUT2D eigenvalue weighted by atomic mass is 10.1. The van der Waals surface area contributed by atoms with Crippen LogP contribution in [0, 0.1) is 11.3 Å². The Hall–Kier alpha value is -3.65. The maximum atomic E-state index is 12.5. The van der Waals surface area contributed by atoms with Gasteiger partial charge in [-0.1, -0.05) is 18.2 Å². The van der Waals surface area contributed by atoms with Gasteiger partial charge in [-0.15, -0.1) is 0 Å². The quantitative estimate of drug-likeness (QED) is 0.578. The van der Waals surface area contributed by atoms with E-state index in [1.807, 2.05) is 73.6 Å². The average Bonchev–Trinajstić information content (AvgIpc) is 2.66. The van der Waals surface area contributed by atoms with Crippen LogP contribution in [-0.2, 0) is 4.79 Å². The lowest BCUT2D eigenvalue weighted by molar-refractivity contribution is -0.112. The predicted octanol–water partition coefficient (Wildman–Crippen LogP) is 3.85. The molecule has 1 amide bonds. The summed E-state index contributed by atoms with van der Waals surface area (Å²) in [6, 6.07) is 18.8. The highest BCUT2D eigenvalue weighted by molar-refractivity contribution is 6.12. The minimum absolute atomic E-state index is 0.0449. The van der Waals surface area contributed by atoms with E-state index in [1.54, 1.807) is 18.3 Å². The SMILES string of the molecule is CN(C)c1ccc(/C=C(\C#N)C(=O)Nc2cccc3ncccc23)cc1. The number of carbonyl (C=O) groups is 1. The van der Waals surface area contributed by atoms with E-state index >= 15 is 0 Å². The Labute approximate surface area is 152 Å². The molecule has 0 saturated carbocycles. The average molecular weight is 342 g/mol. The molecule has 0 unspecified atom stereocenters. The molecule has 0 aliphatic carbocycles. The van der Waals surface area contributed by atoms with Crippen molar-refractivity contribution in [2.75, 3.05) is 24.3 Å². The molecule has 26 heavy (non-hydrogen) atoms. The largest absolute Gasteiger partial charge is 0.378 e. The van der Waals surface area contributed by atoms with Gasteiger partial charge in [-0.05, 0) is 48.0 Å². The van der Waals surface area contributed by atoms with Gasteiger partial charge in [0.15, 0.2) is 0 Å². The van der Waals surface area contributed by atoms with Crippen LogP contribution in [0.2, 0.25) is 0 Å². The second-order valence-electron chi connectivity index (χ2n) is 5.99. The smallest absolute Gasteiger partial charge is 0.266 e. The summed E-state index contributed by atoms with van der Waals surface area (Å²) in [7, 11) is 3.91. The maximum Gasteiger partial charge on any atom is 0.266 e. The number of hydrogen-bond acceptors (Lipinski definition) is 4. The number of aromatic nitrogens is 1. The number of nitrogens with zero attached hydrogens (tertiary/aromatic N) is 3. The van der Waals surface area contributed by atoms with Gasteiger partial charge in [0.1, 0.15) is 11.6 Å². The van der Waals surface area contributed by atoms with Crippen LogP contribution in [0.1, 0.15) is 5.56 Å². The summed E-state index contributed by atoms with van der Waals surface area (Å²) in [4.78, 5) is 18.8. The fraction of sp³-hybridized carbons (Fsp3) is 0.0952. The van der Waals surface area contributed by atoms with E-state index in [-0.39, 0.29) is 5.57 Å². The Balaban J connectivity index is 1.86. The highest BCUT2D eigenvalue weighted by Gasteiger charge is 2.11. The number of benzene rings is 2. The molecule has 3 aromatic rings. The molecule has 1 aromatic heterocycles. The van der Waals surface area contributed by atoms with E-state index in [2.05, 4.69) is 10.3 Å². The zero-order chi connectivity index (χ0) is 18.5. The molecule has 128 valence electrons. The van der Waals surface area contributed by atoms with Crippen molar-refractivity contribution in [3.63, 3.8) is 0 Å². The van der Waals surface area contributed by atoms with Crippen molar-refractivity contribution in [3.8, 4) is 6.07 Å². The van der Waals surface area contributed by atoms with Crippen LogP contribution in [0.4, 0.5) is 11.4 Å². The second kappa shape index (κ2) is 7.49. The Morgan fingerprint density at radius 1 is 1.12 bits per heavy atom. The first kappa shape index (κ1) is 17.2. The van der Waals surface area contributed by atoms with Gasteiger partial charge in [0.25, 0.3) is 5.91 Å². The van der Waals surface area contributed by atoms with Crippen LogP contribution in [0.3, 0.4) is 0 Å². The summed E-state index contributed by atoms with van der Waals surface area (Å²) >= 11 is 0. The number of hydrogen-bond donors (Lipinski definition) is 1. The number of pyridine rings is 1. The fourth-order valence-electron chi connectivity index (χ4n) is 2.59. The molecule has 0 atom stereocenters. The molecule has 0 bridgehead atoms. The number of nitrogens with one attached hydrogen (secondary N) is 1. The summed E-state index contributed by atoms with van der Waals surface area (Å²) in [5, 5.41) is 13.0. The molecule has 0 spiro atoms. The van der Waals surface area contributed by atoms with Gasteiger partial charge in [0.2, 0.25) is 0 Å². The molecule has 0 aliphatic rings. The van der Waals surface area contributed by atoms with Gasteiger partial charge >= 0.3 is 0 Å². The molecule has 5 heteroatoms. The topological polar surface area (TPSA) is 69.0 Å². The first-order valence-corrected chi connectivity index (χ1v) is 8.13. The summed E-state index contributed by atoms with van der Waals surface area (Å²) in [5.74, 6) is -0.444. The highest BCUT2D eigenvalue weighted by atomic mass is 16.1. The van der Waals surface area contributed by atoms with Crippen molar-refractivity contribution in [3.05, 3.63) is 71.9 Å². The van der Waals surface area contributed by atoms with E-state index in [0.29, 0.717) is 5.69 Å². The maximum absolute atomic E-state index is 12.5. The Bertz CT molecular complexity index is 1010. The van der Waals surface area contributed by atoms with Gasteiger partial charge < -0.3 is 10.2 Å². The third kappa shape index (κ3) is 3.70. The predicted molar refractivity (Wildman–Crippen MR) is 105 cm³/mol. The number of fused-ring (bicyclic) bond motifs is 1. The summed E-state index contributed by atoms with van der Waals surface area (Å²) in [6.45, 7) is 0. The van der Waals surface area contributed by atoms with E-state index in [0.717, 1.165) is 22.2 Å². The van der Waals surface area contributed by atoms with E-state index in [1.165, 1.54) is 0 Å². The lowest BCUT2D eigenvalue weighted by Crippen LogP contribution is -2.13. The molecule has 2 aromatic carbocycles. The first-order valence-electron chi connectivity index (χ1n) is 8.13. The zero-order valence-corrected chi connectivity index (χ0v) is 14.6. The molecule has 1 N–H and O–H groups in total. The monoisotopic (exact) mass is 342 g/mol. The van der Waals surface area contributed by atoms with Crippen LogP contribution in [-0.4, -0.2) is 25.0 Å². The molecule has 0 aliphatic heterocycles. The molecular weight excluding hydrogens is 324 g/mol. The third-order valence-corrected chi connectivity index (χ3v) is 3.98. The molecule has 1 heterocycles. The van der Waals surface area contributed by atoms with Crippen LogP contribution in [0.25, 0.3) is 17.0 Å². The molecular formula is C21H18N4O. The highest BCUT2D eigenvalue weighted by Crippen LogP contribution is 2.22. The molecule has 0 saturated heterocycles. The second-order valence-corrected chi connectivity index (χ2v) is 5.99. The fourth-order valence-corrected chi connectivity index (χ4v) is 2.59. The summed E-state index contributed by atoms with van der Waals surface area (Å²) in [5.41, 5.74) is 3.30. The number of nitriles is 1. The van der Waals surface area contributed by atoms with Crippen LogP contribution >= 0.6 is 0 Å². The number of anilines is 2. The van der Waals surface area contributed by atoms with E-state index in [4.69, 9.17) is 0 Å².